The summed E-state index contributed by atoms with van der Waals surface area (Å²) in [4.78, 5) is 35.7. The molecule has 0 aromatic heterocycles. The van der Waals surface area contributed by atoms with Crippen LogP contribution >= 0.6 is 0 Å². The summed E-state index contributed by atoms with van der Waals surface area (Å²) in [5.74, 6) is -0.303. The number of benzene rings is 1. The molecule has 1 rings (SSSR count). The molecular weight excluding hydrogens is 342 g/mol. The maximum Gasteiger partial charge on any atom is 0.408 e. The number of rotatable bonds is 5. The van der Waals surface area contributed by atoms with Crippen molar-refractivity contribution in [3.05, 3.63) is 23.8 Å². The molecule has 3 N–H and O–H groups in total. The smallest absolute Gasteiger partial charge is 0.408 e. The predicted octanol–water partition coefficient (Wildman–Crippen LogP) is 1.38. The van der Waals surface area contributed by atoms with E-state index in [1.165, 1.54) is 33.3 Å². The van der Waals surface area contributed by atoms with Crippen LogP contribution in [0.25, 0.3) is 0 Å². The van der Waals surface area contributed by atoms with Gasteiger partial charge in [0.15, 0.2) is 11.5 Å². The number of nitrogens with one attached hydrogen (secondary N) is 3. The van der Waals surface area contributed by atoms with E-state index in [0.717, 1.165) is 0 Å². The molecule has 0 aliphatic carbocycles. The number of hydrogen-bond donors (Lipinski definition) is 3. The van der Waals surface area contributed by atoms with Gasteiger partial charge >= 0.3 is 6.09 Å². The first-order valence-corrected chi connectivity index (χ1v) is 7.89. The van der Waals surface area contributed by atoms with E-state index in [4.69, 9.17) is 14.2 Å². The molecule has 0 radical (unpaired) electrons. The molecule has 0 spiro atoms. The number of amides is 3. The minimum Gasteiger partial charge on any atom is -0.493 e. The Balaban J connectivity index is 2.58. The Labute approximate surface area is 152 Å². The molecule has 0 aliphatic heterocycles. The fourth-order valence-corrected chi connectivity index (χ4v) is 1.83. The molecule has 1 atom stereocenters. The van der Waals surface area contributed by atoms with Gasteiger partial charge in [-0.2, -0.15) is 0 Å². The molecule has 0 saturated carbocycles. The second kappa shape index (κ2) is 8.93. The third-order valence-electron chi connectivity index (χ3n) is 3.07. The summed E-state index contributed by atoms with van der Waals surface area (Å²) < 4.78 is 15.3. The summed E-state index contributed by atoms with van der Waals surface area (Å²) in [5.41, 5.74) is 4.08. The Bertz CT molecular complexity index is 669. The minimum atomic E-state index is -0.907. The molecule has 0 aliphatic rings. The van der Waals surface area contributed by atoms with Crippen molar-refractivity contribution in [1.82, 2.24) is 16.2 Å². The number of carbonyl (C=O) groups excluding carboxylic acids is 3. The fraction of sp³-hybridized carbons (Fsp3) is 0.471. The summed E-state index contributed by atoms with van der Waals surface area (Å²) in [7, 11) is 2.93. The molecule has 3 amide bonds. The van der Waals surface area contributed by atoms with E-state index in [1.807, 2.05) is 0 Å². The molecule has 0 fully saturated rings. The largest absolute Gasteiger partial charge is 0.493 e. The van der Waals surface area contributed by atoms with Crippen molar-refractivity contribution < 1.29 is 28.6 Å². The van der Waals surface area contributed by atoms with E-state index in [2.05, 4.69) is 16.2 Å². The van der Waals surface area contributed by atoms with E-state index in [1.54, 1.807) is 26.8 Å². The number of carbonyl (C=O) groups is 3. The van der Waals surface area contributed by atoms with Gasteiger partial charge in [0.2, 0.25) is 0 Å². The van der Waals surface area contributed by atoms with E-state index < -0.39 is 29.6 Å². The Hall–Kier alpha value is -2.97. The monoisotopic (exact) mass is 367 g/mol. The minimum absolute atomic E-state index is 0.260. The van der Waals surface area contributed by atoms with Crippen LogP contribution in [0.2, 0.25) is 0 Å². The number of hydrazine groups is 1. The highest BCUT2D eigenvalue weighted by atomic mass is 16.6. The van der Waals surface area contributed by atoms with Gasteiger partial charge in [-0.25, -0.2) is 4.79 Å². The number of hydrogen-bond acceptors (Lipinski definition) is 6. The Morgan fingerprint density at radius 3 is 2.15 bits per heavy atom. The molecule has 26 heavy (non-hydrogen) atoms. The van der Waals surface area contributed by atoms with E-state index in [-0.39, 0.29) is 5.56 Å². The van der Waals surface area contributed by atoms with Crippen LogP contribution < -0.4 is 25.6 Å². The standard InChI is InChI=1S/C17H25N3O6/c1-10(18-16(23)26-17(2,3)4)14(21)19-20-15(22)11-7-8-12(24-5)13(9-11)25-6/h7-10H,1-6H3,(H,18,23)(H,19,21)(H,20,22)/t10-/m1/s1. The van der Waals surface area contributed by atoms with Crippen molar-refractivity contribution in [2.24, 2.45) is 0 Å². The van der Waals surface area contributed by atoms with Crippen molar-refractivity contribution >= 4 is 17.9 Å². The summed E-state index contributed by atoms with van der Waals surface area (Å²) in [5, 5.41) is 2.37. The van der Waals surface area contributed by atoms with Crippen LogP contribution in [0.4, 0.5) is 4.79 Å². The number of methoxy groups -OCH3 is 2. The van der Waals surface area contributed by atoms with Gasteiger partial charge in [0.25, 0.3) is 11.8 Å². The zero-order valence-electron chi connectivity index (χ0n) is 15.8. The van der Waals surface area contributed by atoms with Crippen molar-refractivity contribution in [3.63, 3.8) is 0 Å². The highest BCUT2D eigenvalue weighted by Gasteiger charge is 2.21. The van der Waals surface area contributed by atoms with Gasteiger partial charge in [0.1, 0.15) is 11.6 Å². The molecule has 9 nitrogen and oxygen atoms in total. The quantitative estimate of drug-likeness (QED) is 0.677. The molecule has 0 heterocycles. The van der Waals surface area contributed by atoms with Crippen molar-refractivity contribution in [2.45, 2.75) is 39.3 Å². The van der Waals surface area contributed by atoms with Crippen LogP contribution in [0, 0.1) is 0 Å². The summed E-state index contributed by atoms with van der Waals surface area (Å²) in [6.45, 7) is 6.59. The van der Waals surface area contributed by atoms with Gasteiger partial charge in [-0.1, -0.05) is 0 Å². The maximum absolute atomic E-state index is 12.1. The van der Waals surface area contributed by atoms with Crippen molar-refractivity contribution in [3.8, 4) is 11.5 Å². The third kappa shape index (κ3) is 6.50. The number of ether oxygens (including phenoxy) is 3. The van der Waals surface area contributed by atoms with Gasteiger partial charge in [-0.3, -0.25) is 20.4 Å². The van der Waals surface area contributed by atoms with Crippen LogP contribution in [-0.2, 0) is 9.53 Å². The first-order valence-electron chi connectivity index (χ1n) is 7.89. The van der Waals surface area contributed by atoms with Crippen LogP contribution in [-0.4, -0.2) is 43.8 Å². The van der Waals surface area contributed by atoms with Crippen LogP contribution in [0.3, 0.4) is 0 Å². The molecule has 0 bridgehead atoms. The molecule has 1 aromatic rings. The zero-order chi connectivity index (χ0) is 19.9. The lowest BCUT2D eigenvalue weighted by Crippen LogP contribution is -2.51. The lowest BCUT2D eigenvalue weighted by atomic mass is 10.2. The second-order valence-corrected chi connectivity index (χ2v) is 6.38. The normalized spacial score (nSPS) is 11.8. The first-order chi connectivity index (χ1) is 12.1. The predicted molar refractivity (Wildman–Crippen MR) is 94.0 cm³/mol. The molecule has 1 aromatic carbocycles. The van der Waals surface area contributed by atoms with E-state index in [0.29, 0.717) is 11.5 Å². The highest BCUT2D eigenvalue weighted by Crippen LogP contribution is 2.27. The topological polar surface area (TPSA) is 115 Å². The van der Waals surface area contributed by atoms with Gasteiger partial charge < -0.3 is 19.5 Å². The lowest BCUT2D eigenvalue weighted by Gasteiger charge is -2.21. The summed E-state index contributed by atoms with van der Waals surface area (Å²) in [6, 6.07) is 3.66. The molecule has 9 heteroatoms. The van der Waals surface area contributed by atoms with Gasteiger partial charge in [-0.05, 0) is 45.9 Å². The first kappa shape index (κ1) is 21.1. The van der Waals surface area contributed by atoms with Crippen LogP contribution in [0.5, 0.6) is 11.5 Å². The van der Waals surface area contributed by atoms with E-state index >= 15 is 0 Å². The van der Waals surface area contributed by atoms with Crippen LogP contribution in [0.1, 0.15) is 38.1 Å². The SMILES string of the molecule is COc1ccc(C(=O)NNC(=O)[C@@H](C)NC(=O)OC(C)(C)C)cc1OC. The van der Waals surface area contributed by atoms with Gasteiger partial charge in [0.05, 0.1) is 14.2 Å². The molecule has 144 valence electrons. The lowest BCUT2D eigenvalue weighted by molar-refractivity contribution is -0.123. The second-order valence-electron chi connectivity index (χ2n) is 6.38. The van der Waals surface area contributed by atoms with Crippen LogP contribution in [0.15, 0.2) is 18.2 Å². The molecule has 0 unspecified atom stereocenters. The van der Waals surface area contributed by atoms with E-state index in [9.17, 15) is 14.4 Å². The Morgan fingerprint density at radius 2 is 1.62 bits per heavy atom. The average Bonchev–Trinajstić information content (AvgIpc) is 2.56. The third-order valence-corrected chi connectivity index (χ3v) is 3.07. The molecular formula is C17H25N3O6. The van der Waals surface area contributed by atoms with Crippen molar-refractivity contribution in [1.29, 1.82) is 0 Å². The Kier molecular flexibility index (Phi) is 7.24. The highest BCUT2D eigenvalue weighted by molar-refractivity contribution is 5.96. The molecule has 0 saturated heterocycles. The van der Waals surface area contributed by atoms with Crippen molar-refractivity contribution in [2.75, 3.05) is 14.2 Å². The van der Waals surface area contributed by atoms with Gasteiger partial charge in [0, 0.05) is 5.56 Å². The summed E-state index contributed by atoms with van der Waals surface area (Å²) in [6.07, 6.45) is -0.730. The maximum atomic E-state index is 12.1. The average molecular weight is 367 g/mol. The van der Waals surface area contributed by atoms with Gasteiger partial charge in [-0.15, -0.1) is 0 Å². The Morgan fingerprint density at radius 1 is 1.00 bits per heavy atom. The fourth-order valence-electron chi connectivity index (χ4n) is 1.83. The number of alkyl carbamates (subject to hydrolysis) is 1. The zero-order valence-corrected chi connectivity index (χ0v) is 15.8. The summed E-state index contributed by atoms with van der Waals surface area (Å²) >= 11 is 0.